The summed E-state index contributed by atoms with van der Waals surface area (Å²) in [5, 5.41) is 2.43. The van der Waals surface area contributed by atoms with Gasteiger partial charge in [0.05, 0.1) is 0 Å². The Bertz CT molecular complexity index is 176. The quantitative estimate of drug-likeness (QED) is 0.507. The minimum absolute atomic E-state index is 1.19. The van der Waals surface area contributed by atoms with Crippen molar-refractivity contribution in [3.8, 4) is 0 Å². The van der Waals surface area contributed by atoms with E-state index in [4.69, 9.17) is 0 Å². The van der Waals surface area contributed by atoms with E-state index in [1.165, 1.54) is 103 Å². The molecule has 114 valence electrons. The van der Waals surface area contributed by atoms with Gasteiger partial charge in [0.15, 0.2) is 0 Å². The first kappa shape index (κ1) is 17.0. The molecule has 0 aliphatic carbocycles. The van der Waals surface area contributed by atoms with Crippen molar-refractivity contribution in [1.29, 1.82) is 0 Å². The largest absolute Gasteiger partial charge is 0.255 e. The maximum absolute atomic E-state index is 3.58. The Kier molecular flexibility index (Phi) is 11.5. The zero-order chi connectivity index (χ0) is 13.6. The van der Waals surface area contributed by atoms with Crippen LogP contribution in [0, 0.1) is 0 Å². The Balaban J connectivity index is 1.71. The molecule has 0 bridgehead atoms. The zero-order valence-corrected chi connectivity index (χ0v) is 13.3. The smallest absolute Gasteiger partial charge is 0.0131 e. The van der Waals surface area contributed by atoms with Crippen LogP contribution in [0.1, 0.15) is 90.4 Å². The third kappa shape index (κ3) is 10.4. The fraction of sp³-hybridized carbons (Fsp3) is 1.00. The molecule has 0 spiro atoms. The summed E-state index contributed by atoms with van der Waals surface area (Å²) in [4.78, 5) is 0. The molecule has 2 heteroatoms. The van der Waals surface area contributed by atoms with Crippen LogP contribution in [0.2, 0.25) is 0 Å². The minimum atomic E-state index is 1.19. The lowest BCUT2D eigenvalue weighted by Crippen LogP contribution is -2.41. The summed E-state index contributed by atoms with van der Waals surface area (Å²) in [6, 6.07) is 0. The zero-order valence-electron chi connectivity index (χ0n) is 13.3. The van der Waals surface area contributed by atoms with E-state index in [0.29, 0.717) is 0 Å². The summed E-state index contributed by atoms with van der Waals surface area (Å²) in [5.74, 6) is 0. The average molecular weight is 268 g/mol. The molecular formula is C17H36N2. The average Bonchev–Trinajstić information content (AvgIpc) is 2.46. The molecule has 1 rings (SSSR count). The van der Waals surface area contributed by atoms with Crippen LogP contribution < -0.4 is 5.43 Å². The molecule has 1 fully saturated rings. The summed E-state index contributed by atoms with van der Waals surface area (Å²) in [6.07, 6.45) is 18.5. The number of piperidine rings is 1. The molecule has 0 amide bonds. The van der Waals surface area contributed by atoms with Crippen molar-refractivity contribution in [2.45, 2.75) is 90.4 Å². The summed E-state index contributed by atoms with van der Waals surface area (Å²) in [6.45, 7) is 6.00. The second-order valence-corrected chi connectivity index (χ2v) is 6.14. The van der Waals surface area contributed by atoms with Gasteiger partial charge in [0.25, 0.3) is 0 Å². The standard InChI is InChI=1S/C17H36N2/c1-2-3-4-5-6-7-8-9-10-12-15-18-19-16-13-11-14-17-19/h18H,2-17H2,1H3. The number of unbranched alkanes of at least 4 members (excludes halogenated alkanes) is 9. The molecule has 1 aliphatic heterocycles. The first-order chi connectivity index (χ1) is 9.43. The van der Waals surface area contributed by atoms with Crippen LogP contribution >= 0.6 is 0 Å². The highest BCUT2D eigenvalue weighted by atomic mass is 15.5. The Morgan fingerprint density at radius 1 is 0.684 bits per heavy atom. The highest BCUT2D eigenvalue weighted by Crippen LogP contribution is 2.10. The summed E-state index contributed by atoms with van der Waals surface area (Å²) < 4.78 is 0. The van der Waals surface area contributed by atoms with Gasteiger partial charge in [-0.25, -0.2) is 5.01 Å². The van der Waals surface area contributed by atoms with Gasteiger partial charge in [-0.3, -0.25) is 5.43 Å². The van der Waals surface area contributed by atoms with Crippen LogP contribution in [-0.2, 0) is 0 Å². The van der Waals surface area contributed by atoms with Crippen molar-refractivity contribution in [2.75, 3.05) is 19.6 Å². The van der Waals surface area contributed by atoms with Crippen molar-refractivity contribution < 1.29 is 0 Å². The van der Waals surface area contributed by atoms with Crippen LogP contribution in [-0.4, -0.2) is 24.6 Å². The highest BCUT2D eigenvalue weighted by molar-refractivity contribution is 4.60. The Hall–Kier alpha value is -0.0800. The molecule has 1 aliphatic rings. The summed E-state index contributed by atoms with van der Waals surface area (Å²) in [7, 11) is 0. The van der Waals surface area contributed by atoms with E-state index in [-0.39, 0.29) is 0 Å². The van der Waals surface area contributed by atoms with Gasteiger partial charge >= 0.3 is 0 Å². The maximum atomic E-state index is 3.58. The van der Waals surface area contributed by atoms with Gasteiger partial charge in [-0.2, -0.15) is 0 Å². The lowest BCUT2D eigenvalue weighted by Gasteiger charge is -2.27. The predicted octanol–water partition coefficient (Wildman–Crippen LogP) is 4.90. The molecule has 0 aromatic heterocycles. The van der Waals surface area contributed by atoms with Crippen molar-refractivity contribution in [1.82, 2.24) is 10.4 Å². The van der Waals surface area contributed by atoms with E-state index in [9.17, 15) is 0 Å². The topological polar surface area (TPSA) is 15.3 Å². The molecule has 19 heavy (non-hydrogen) atoms. The number of nitrogens with zero attached hydrogens (tertiary/aromatic N) is 1. The molecule has 0 radical (unpaired) electrons. The van der Waals surface area contributed by atoms with Gasteiger partial charge in [-0.1, -0.05) is 71.1 Å². The second-order valence-electron chi connectivity index (χ2n) is 6.14. The van der Waals surface area contributed by atoms with E-state index < -0.39 is 0 Å². The van der Waals surface area contributed by atoms with Gasteiger partial charge in [-0.15, -0.1) is 0 Å². The molecule has 0 aromatic carbocycles. The molecule has 0 unspecified atom stereocenters. The summed E-state index contributed by atoms with van der Waals surface area (Å²) >= 11 is 0. The van der Waals surface area contributed by atoms with Crippen LogP contribution in [0.25, 0.3) is 0 Å². The van der Waals surface area contributed by atoms with Gasteiger partial charge < -0.3 is 0 Å². The van der Waals surface area contributed by atoms with Crippen LogP contribution in [0.3, 0.4) is 0 Å². The van der Waals surface area contributed by atoms with Crippen LogP contribution in [0.15, 0.2) is 0 Å². The van der Waals surface area contributed by atoms with Gasteiger partial charge in [0, 0.05) is 19.6 Å². The number of hydrogen-bond donors (Lipinski definition) is 1. The number of rotatable bonds is 12. The molecule has 1 heterocycles. The number of hydrazine groups is 1. The van der Waals surface area contributed by atoms with Gasteiger partial charge in [0.1, 0.15) is 0 Å². The fourth-order valence-corrected chi connectivity index (χ4v) is 2.90. The van der Waals surface area contributed by atoms with E-state index in [1.807, 2.05) is 0 Å². The number of nitrogens with one attached hydrogen (secondary N) is 1. The Labute approximate surface area is 121 Å². The Morgan fingerprint density at radius 2 is 1.21 bits per heavy atom. The maximum Gasteiger partial charge on any atom is 0.0131 e. The van der Waals surface area contributed by atoms with E-state index in [1.54, 1.807) is 0 Å². The van der Waals surface area contributed by atoms with Crippen molar-refractivity contribution >= 4 is 0 Å². The highest BCUT2D eigenvalue weighted by Gasteiger charge is 2.07. The van der Waals surface area contributed by atoms with Crippen LogP contribution in [0.4, 0.5) is 0 Å². The first-order valence-corrected chi connectivity index (χ1v) is 8.92. The monoisotopic (exact) mass is 268 g/mol. The molecule has 1 N–H and O–H groups in total. The normalized spacial score (nSPS) is 16.9. The molecule has 0 saturated carbocycles. The predicted molar refractivity (Wildman–Crippen MR) is 85.3 cm³/mol. The third-order valence-corrected chi connectivity index (χ3v) is 4.22. The van der Waals surface area contributed by atoms with Crippen molar-refractivity contribution in [2.24, 2.45) is 0 Å². The first-order valence-electron chi connectivity index (χ1n) is 8.92. The van der Waals surface area contributed by atoms with Gasteiger partial charge in [-0.05, 0) is 19.3 Å². The van der Waals surface area contributed by atoms with E-state index in [2.05, 4.69) is 17.4 Å². The molecule has 1 saturated heterocycles. The third-order valence-electron chi connectivity index (χ3n) is 4.22. The van der Waals surface area contributed by atoms with Crippen LogP contribution in [0.5, 0.6) is 0 Å². The lowest BCUT2D eigenvalue weighted by atomic mass is 10.1. The molecule has 0 atom stereocenters. The SMILES string of the molecule is CCCCCCCCCCCCNN1CCCCC1. The molecule has 2 nitrogen and oxygen atoms in total. The molecule has 0 aromatic rings. The van der Waals surface area contributed by atoms with E-state index in [0.717, 1.165) is 0 Å². The Morgan fingerprint density at radius 3 is 1.79 bits per heavy atom. The minimum Gasteiger partial charge on any atom is -0.255 e. The van der Waals surface area contributed by atoms with Gasteiger partial charge in [0.2, 0.25) is 0 Å². The van der Waals surface area contributed by atoms with Crippen molar-refractivity contribution in [3.05, 3.63) is 0 Å². The second kappa shape index (κ2) is 12.9. The summed E-state index contributed by atoms with van der Waals surface area (Å²) in [5.41, 5.74) is 3.58. The fourth-order valence-electron chi connectivity index (χ4n) is 2.90. The van der Waals surface area contributed by atoms with E-state index >= 15 is 0 Å². The lowest BCUT2D eigenvalue weighted by molar-refractivity contribution is 0.153. The molecular weight excluding hydrogens is 232 g/mol. The van der Waals surface area contributed by atoms with Crippen molar-refractivity contribution in [3.63, 3.8) is 0 Å². The number of hydrogen-bond acceptors (Lipinski definition) is 2.